The number of halogens is 2. The molecule has 3 N–H and O–H groups in total. The molecule has 0 unspecified atom stereocenters. The van der Waals surface area contributed by atoms with Crippen LogP contribution in [-0.2, 0) is 17.3 Å². The molecule has 0 aliphatic rings. The van der Waals surface area contributed by atoms with Crippen LogP contribution in [0.3, 0.4) is 0 Å². The smallest absolute Gasteiger partial charge is 0.255 e. The van der Waals surface area contributed by atoms with E-state index >= 15 is 0 Å². The van der Waals surface area contributed by atoms with E-state index in [1.165, 1.54) is 0 Å². The van der Waals surface area contributed by atoms with Crippen molar-refractivity contribution < 1.29 is 28.0 Å². The maximum atomic E-state index is 12.5. The van der Waals surface area contributed by atoms with E-state index in [2.05, 4.69) is 81.5 Å². The third kappa shape index (κ3) is 14.0. The summed E-state index contributed by atoms with van der Waals surface area (Å²) in [5.74, 6) is 0.411. The Morgan fingerprint density at radius 1 is 0.623 bits per heavy atom. The average molecular weight is 1090 g/mol. The van der Waals surface area contributed by atoms with Crippen LogP contribution >= 0.6 is 23.2 Å². The van der Waals surface area contributed by atoms with Crippen LogP contribution in [-0.4, -0.2) is 57.8 Å². The van der Waals surface area contributed by atoms with Crippen molar-refractivity contribution in [1.82, 2.24) is 20.4 Å². The molecule has 0 fully saturated rings. The van der Waals surface area contributed by atoms with Crippen molar-refractivity contribution in [1.29, 1.82) is 0 Å². The van der Waals surface area contributed by atoms with E-state index in [0.717, 1.165) is 27.8 Å². The van der Waals surface area contributed by atoms with Gasteiger partial charge in [0.15, 0.2) is 8.32 Å². The molecule has 14 nitrogen and oxygen atoms in total. The molecule has 0 saturated carbocycles. The van der Waals surface area contributed by atoms with Gasteiger partial charge in [0.2, 0.25) is 34.9 Å². The number of nitrogens with one attached hydrogen (secondary N) is 2. The first-order valence-electron chi connectivity index (χ1n) is 24.9. The van der Waals surface area contributed by atoms with E-state index in [1.807, 2.05) is 86.6 Å². The maximum absolute atomic E-state index is 12.5. The van der Waals surface area contributed by atoms with Crippen LogP contribution in [0.15, 0.2) is 142 Å². The Kier molecular flexibility index (Phi) is 18.4. The highest BCUT2D eigenvalue weighted by Gasteiger charge is 2.41. The van der Waals surface area contributed by atoms with Crippen LogP contribution in [0.4, 0.5) is 22.7 Å². The number of aromatic nitrogens is 4. The highest BCUT2D eigenvalue weighted by atomic mass is 35.5. The molecule has 8 aromatic rings. The van der Waals surface area contributed by atoms with Gasteiger partial charge in [-0.25, -0.2) is 9.69 Å². The van der Waals surface area contributed by atoms with Gasteiger partial charge in [-0.1, -0.05) is 105 Å². The molecule has 17 heteroatoms. The molecular formula is C60H60Cl2N8O6Si. The fourth-order valence-corrected chi connectivity index (χ4v) is 10.0. The number of aliphatic hydroxyl groups excluding tert-OH is 1. The van der Waals surface area contributed by atoms with Crippen LogP contribution in [0.2, 0.25) is 28.2 Å². The first kappa shape index (κ1) is 57.0. The summed E-state index contributed by atoms with van der Waals surface area (Å²) in [4.78, 5) is 31.8. The van der Waals surface area contributed by atoms with Gasteiger partial charge in [0, 0.05) is 33.6 Å². The maximum Gasteiger partial charge on any atom is 0.255 e. The molecule has 0 saturated heterocycles. The van der Waals surface area contributed by atoms with Crippen molar-refractivity contribution in [3.8, 4) is 22.9 Å². The Morgan fingerprint density at radius 3 is 1.39 bits per heavy atom. The van der Waals surface area contributed by atoms with Crippen molar-refractivity contribution in [2.75, 3.05) is 10.6 Å². The summed E-state index contributed by atoms with van der Waals surface area (Å²) in [5.41, 5.74) is 8.26. The number of amides is 2. The van der Waals surface area contributed by atoms with Gasteiger partial charge in [-0.15, -0.1) is 20.4 Å². The van der Waals surface area contributed by atoms with Gasteiger partial charge in [-0.05, 0) is 154 Å². The second kappa shape index (κ2) is 24.9. The van der Waals surface area contributed by atoms with Crippen LogP contribution in [0, 0.1) is 27.0 Å². The molecule has 0 radical (unpaired) electrons. The molecule has 6 aromatic carbocycles. The van der Waals surface area contributed by atoms with Crippen LogP contribution < -0.4 is 10.6 Å². The molecule has 394 valence electrons. The summed E-state index contributed by atoms with van der Waals surface area (Å²) in [6.45, 7) is 33.2. The van der Waals surface area contributed by atoms with Crippen LogP contribution in [0.1, 0.15) is 101 Å². The molecule has 0 bridgehead atoms. The molecule has 2 amide bonds. The Labute approximate surface area is 460 Å². The molecule has 0 aliphatic heterocycles. The molecule has 2 heterocycles. The van der Waals surface area contributed by atoms with Gasteiger partial charge in [-0.2, -0.15) is 0 Å². The van der Waals surface area contributed by atoms with Gasteiger partial charge < -0.3 is 29.0 Å². The highest BCUT2D eigenvalue weighted by Crippen LogP contribution is 2.41. The molecule has 0 aliphatic carbocycles. The van der Waals surface area contributed by atoms with Crippen molar-refractivity contribution in [2.45, 2.75) is 103 Å². The zero-order chi connectivity index (χ0) is 55.6. The fourth-order valence-electron chi connectivity index (χ4n) is 8.13. The quantitative estimate of drug-likeness (QED) is 0.0624. The number of carbonyl (C=O) groups excluding carboxylic acids is 2. The largest absolute Gasteiger partial charge is 0.420 e. The standard InChI is InChI=1S/C33H37ClN4O3Si.C27H23ClN4O3/c1-21-25(16-19-28(35-6)29(21)34)20-27(22(2)41-42(7,8)33(3,4)5)32-38-37-31(40-32)24-14-17-26(18-15-24)36-30(39)23-12-10-9-11-13-23;1-16-20(11-14-23(29-3)24(16)28)15-22(17(2)33)27-32-31-26(35-27)19-9-12-21(13-10-19)30-25(34)18-7-5-4-6-8-18/h9-19,22,27H,20H2,1-5,7-8H3,(H,36,39);4-14,17,22,33H,15H2,1-2H3,(H,30,34)/t22-,27-;17-,22-/m11/s1. The third-order valence-electron chi connectivity index (χ3n) is 13.9. The van der Waals surface area contributed by atoms with Crippen molar-refractivity contribution in [2.24, 2.45) is 0 Å². The first-order chi connectivity index (χ1) is 36.7. The summed E-state index contributed by atoms with van der Waals surface area (Å²) < 4.78 is 19.0. The van der Waals surface area contributed by atoms with E-state index < -0.39 is 20.3 Å². The Bertz CT molecular complexity index is 3420. The van der Waals surface area contributed by atoms with E-state index in [-0.39, 0.29) is 28.9 Å². The number of rotatable bonds is 16. The summed E-state index contributed by atoms with van der Waals surface area (Å²) in [5, 5.41) is 34.3. The third-order valence-corrected chi connectivity index (χ3v) is 19.4. The lowest BCUT2D eigenvalue weighted by molar-refractivity contribution is 0.101. The lowest BCUT2D eigenvalue weighted by atomic mass is 9.92. The predicted molar refractivity (Wildman–Crippen MR) is 305 cm³/mol. The molecule has 2 aromatic heterocycles. The molecule has 0 spiro atoms. The normalized spacial score (nSPS) is 13.0. The Hall–Kier alpha value is -7.76. The van der Waals surface area contributed by atoms with Crippen LogP contribution in [0.25, 0.3) is 32.6 Å². The monoisotopic (exact) mass is 1090 g/mol. The summed E-state index contributed by atoms with van der Waals surface area (Å²) >= 11 is 12.8. The summed E-state index contributed by atoms with van der Waals surface area (Å²) in [6.07, 6.45) is 0.0188. The minimum atomic E-state index is -2.11. The lowest BCUT2D eigenvalue weighted by Crippen LogP contribution is -2.44. The molecular weight excluding hydrogens is 1030 g/mol. The minimum absolute atomic E-state index is 0.0278. The van der Waals surface area contributed by atoms with Gasteiger partial charge in [0.25, 0.3) is 11.8 Å². The van der Waals surface area contributed by atoms with Crippen molar-refractivity contribution in [3.05, 3.63) is 212 Å². The highest BCUT2D eigenvalue weighted by molar-refractivity contribution is 6.74. The van der Waals surface area contributed by atoms with Gasteiger partial charge >= 0.3 is 0 Å². The summed E-state index contributed by atoms with van der Waals surface area (Å²) in [7, 11) is -2.11. The number of hydrogen-bond donors (Lipinski definition) is 3. The SMILES string of the molecule is [C-]#[N+]c1ccc(C[C@@H](c2nnc(-c3ccc(NC(=O)c4ccccc4)cc3)o2)[C@@H](C)O)c(C)c1Cl.[C-]#[N+]c1ccc(C[C@@H](c2nnc(-c3ccc(NC(=O)c4ccccc4)cc3)o2)[C@@H](C)O[Si](C)(C)C(C)(C)C)c(C)c1Cl. The number of hydrogen-bond acceptors (Lipinski definition) is 10. The zero-order valence-corrected chi connectivity index (χ0v) is 46.9. The second-order valence-corrected chi connectivity index (χ2v) is 25.7. The lowest BCUT2D eigenvalue weighted by Gasteiger charge is -2.40. The zero-order valence-electron chi connectivity index (χ0n) is 44.4. The predicted octanol–water partition coefficient (Wildman–Crippen LogP) is 15.4. The van der Waals surface area contributed by atoms with Crippen molar-refractivity contribution in [3.63, 3.8) is 0 Å². The topological polar surface area (TPSA) is 174 Å². The van der Waals surface area contributed by atoms with Crippen molar-refractivity contribution >= 4 is 66.1 Å². The van der Waals surface area contributed by atoms with E-state index in [1.54, 1.807) is 67.6 Å². The van der Waals surface area contributed by atoms with Gasteiger partial charge in [0.1, 0.15) is 0 Å². The van der Waals surface area contributed by atoms with E-state index in [9.17, 15) is 14.7 Å². The van der Waals surface area contributed by atoms with Gasteiger partial charge in [0.05, 0.1) is 47.2 Å². The summed E-state index contributed by atoms with van der Waals surface area (Å²) in [6, 6.07) is 39.6. The average Bonchev–Trinajstić information content (AvgIpc) is 4.12. The number of anilines is 2. The molecule has 77 heavy (non-hydrogen) atoms. The number of nitrogens with zero attached hydrogens (tertiary/aromatic N) is 6. The van der Waals surface area contributed by atoms with E-state index in [0.29, 0.717) is 85.9 Å². The number of carbonyl (C=O) groups is 2. The fraction of sp³-hybridized carbons (Fsp3) is 0.267. The molecule has 8 rings (SSSR count). The van der Waals surface area contributed by atoms with Crippen LogP contribution in [0.5, 0.6) is 0 Å². The Morgan fingerprint density at radius 2 is 1.01 bits per heavy atom. The number of benzene rings is 6. The first-order valence-corrected chi connectivity index (χ1v) is 28.6. The molecule has 4 atom stereocenters. The van der Waals surface area contributed by atoms with Gasteiger partial charge in [-0.3, -0.25) is 9.59 Å². The number of aliphatic hydroxyl groups is 1. The Balaban J connectivity index is 0.000000227. The van der Waals surface area contributed by atoms with E-state index in [4.69, 9.17) is 49.6 Å². The second-order valence-electron chi connectivity index (χ2n) is 20.2. The minimum Gasteiger partial charge on any atom is -0.420 e.